The molecule has 46 heteroatoms. The number of nitrogens with zero attached hydrogens (tertiary/aromatic N) is 14. The summed E-state index contributed by atoms with van der Waals surface area (Å²) in [5.41, 5.74) is -1.11. The van der Waals surface area contributed by atoms with Crippen LogP contribution in [-0.2, 0) is 66.5 Å². The maximum Gasteiger partial charge on any atom is 0.416 e. The number of rotatable bonds is 29. The summed E-state index contributed by atoms with van der Waals surface area (Å²) < 4.78 is 291. The first kappa shape index (κ1) is 107. The first-order valence-electron chi connectivity index (χ1n) is 42.8. The number of ether oxygens (including phenoxy) is 7. The monoisotopic (exact) mass is 2030 g/mol. The van der Waals surface area contributed by atoms with Gasteiger partial charge in [-0.2, -0.15) is 39.5 Å². The van der Waals surface area contributed by atoms with Gasteiger partial charge in [0.1, 0.15) is 110 Å². The molecule has 0 saturated heterocycles. The van der Waals surface area contributed by atoms with E-state index in [1.54, 1.807) is 57.4 Å². The van der Waals surface area contributed by atoms with Crippen LogP contribution in [0.15, 0.2) is 198 Å². The lowest BCUT2D eigenvalue weighted by Crippen LogP contribution is -2.46. The number of likely N-dealkylation sites (N-methyl/N-ethyl adjacent to an activating group) is 3. The fraction of sp³-hybridized carbons (Fsp3) is 0.376. The third kappa shape index (κ3) is 26.7. The van der Waals surface area contributed by atoms with Gasteiger partial charge in [0, 0.05) is 90.3 Å². The lowest BCUT2D eigenvalue weighted by Gasteiger charge is -2.39. The summed E-state index contributed by atoms with van der Waals surface area (Å²) in [5, 5.41) is 6.54. The molecule has 6 heterocycles. The number of hydrogen-bond donors (Lipinski definition) is 2. The second-order valence-corrected chi connectivity index (χ2v) is 38.7. The number of carboxylic acid groups (broad SMARTS) is 1. The lowest BCUT2D eigenvalue weighted by atomic mass is 9.78. The molecule has 3 aliphatic carbocycles. The molecule has 0 bridgehead atoms. The maximum absolute atomic E-state index is 14.8. The number of aromatic nitrogens is 9. The molecule has 11 aromatic rings. The average molecular weight is 2030 g/mol. The van der Waals surface area contributed by atoms with E-state index in [2.05, 4.69) is 49.6 Å². The minimum atomic E-state index is -4.59. The Labute approximate surface area is 800 Å². The van der Waals surface area contributed by atoms with Crippen LogP contribution in [0.2, 0.25) is 5.15 Å². The highest BCUT2D eigenvalue weighted by Gasteiger charge is 2.43. The Bertz CT molecular complexity index is 6140. The number of alkyl halides is 9. The van der Waals surface area contributed by atoms with E-state index in [9.17, 15) is 77.9 Å². The van der Waals surface area contributed by atoms with E-state index < -0.39 is 113 Å². The van der Waals surface area contributed by atoms with Crippen molar-refractivity contribution in [1.82, 2.24) is 59.6 Å². The van der Waals surface area contributed by atoms with Crippen molar-refractivity contribution in [3.8, 4) is 40.6 Å². The molecule has 9 atom stereocenters. The predicted octanol–water partition coefficient (Wildman–Crippen LogP) is 17.6. The Balaban J connectivity index is 0.000000198. The maximum atomic E-state index is 14.8. The van der Waals surface area contributed by atoms with E-state index in [1.165, 1.54) is 128 Å². The zero-order valence-corrected chi connectivity index (χ0v) is 80.1. The zero-order chi connectivity index (χ0) is 101. The number of carbonyl (C=O) groups is 1. The van der Waals surface area contributed by atoms with E-state index >= 15 is 0 Å². The van der Waals surface area contributed by atoms with Crippen molar-refractivity contribution in [1.29, 1.82) is 0 Å². The standard InChI is InChI=1S/C34H37F4N5O5S.C33H34ClF4N5O5S.C25H27F4N5O3S.CH2O2/c1-21-31(49(44,45)43(32-14-15-39-20-40-32)19-23-6-9-25(46-4)18-30(23)47-5)12-13-33(41-21)48-29-11-7-22(16-28(29)42(2)3)26-17-24(34(36,37)38)8-10-27(26)35;1-42(2)26-15-20(24-16-22(33(36,37)38)7-9-25(24)35)6-10-27(26)48-31-12-11-29(32(34)41-31)49(44,45)43(30-13-14-39-19-40-30)18-21-5-8-23(46-3)17-28(21)47-4;1-15-22(38(35,36)33-23-10-11-30-14-31-23)8-9-24(32-15)37-21-7-4-16(12-20(21)34(2)3)18-13-17(25(27,28)29)5-6-19(18)26;2-1-3/h6,8-10,12-15,17-18,20,22,28-29H,7,11,16,19H2,1-5H3;5,7-9,11-14,16-17,19-20,26-27H,6,10,15,18H2,1-4H3;5-6,8-11,13-14,16,20-21H,4,7,12H2,1-3H3,(H,30,31,33);1H,(H,2,3)/t22-,28-,29-;20-,26-,27-;16-,20-,21-;/m000./s1. The quantitative estimate of drug-likeness (QED) is 0.0250. The normalized spacial score (nSPS) is 18.5. The Morgan fingerprint density at radius 1 is 0.432 bits per heavy atom. The topological polar surface area (TPSA) is 349 Å². The minimum Gasteiger partial charge on any atom is -0.497 e. The summed E-state index contributed by atoms with van der Waals surface area (Å²) in [7, 11) is 4.25. The van der Waals surface area contributed by atoms with Crippen molar-refractivity contribution in [3.63, 3.8) is 0 Å². The highest BCUT2D eigenvalue weighted by Crippen LogP contribution is 2.46. The van der Waals surface area contributed by atoms with Gasteiger partial charge >= 0.3 is 18.5 Å². The number of sulfonamides is 3. The highest BCUT2D eigenvalue weighted by molar-refractivity contribution is 7.93. The van der Waals surface area contributed by atoms with Gasteiger partial charge in [0.15, 0.2) is 5.15 Å². The first-order valence-corrected chi connectivity index (χ1v) is 47.5. The SMILES string of the molecule is COc1ccc(CN(c2ccncn2)S(=O)(=O)c2ccc(O[C@H]3CC[C@H](c4cc(C(F)(F)F)ccc4F)C[C@@H]3N(C)C)nc2C)c(OC)c1.COc1ccc(CN(c2ccncn2)S(=O)(=O)c2ccc(O[C@H]3CC[C@H](c4cc(C(F)(F)F)ccc4F)C[C@@H]3N(C)C)nc2Cl)c(OC)c1.Cc1nc(O[C@H]2CC[C@H](c3cc(C(F)(F)F)ccc3F)C[C@@H]2N(C)C)ccc1S(=O)(=O)Nc1ccncn1.O=CO. The van der Waals surface area contributed by atoms with Crippen LogP contribution in [0.4, 0.5) is 70.1 Å². The molecule has 139 heavy (non-hydrogen) atoms. The van der Waals surface area contributed by atoms with Gasteiger partial charge in [-0.25, -0.2) is 91.9 Å². The number of pyridine rings is 3. The molecule has 3 fully saturated rings. The summed E-state index contributed by atoms with van der Waals surface area (Å²) in [6.45, 7) is 2.55. The number of anilines is 3. The van der Waals surface area contributed by atoms with E-state index in [4.69, 9.17) is 54.7 Å². The minimum absolute atomic E-state index is 0.0105. The van der Waals surface area contributed by atoms with E-state index in [0.717, 1.165) is 63.2 Å². The van der Waals surface area contributed by atoms with Gasteiger partial charge in [-0.05, 0) is 251 Å². The van der Waals surface area contributed by atoms with Crippen molar-refractivity contribution < 1.29 is 121 Å². The molecule has 2 N–H and O–H groups in total. The van der Waals surface area contributed by atoms with Gasteiger partial charge in [0.2, 0.25) is 17.6 Å². The molecule has 14 rings (SSSR count). The van der Waals surface area contributed by atoms with Crippen LogP contribution in [0, 0.1) is 31.3 Å². The summed E-state index contributed by atoms with van der Waals surface area (Å²) in [6, 6.07) is 29.4. The van der Waals surface area contributed by atoms with Crippen molar-refractivity contribution in [3.05, 3.63) is 262 Å². The summed E-state index contributed by atoms with van der Waals surface area (Å²) >= 11 is 6.52. The van der Waals surface area contributed by atoms with E-state index in [1.807, 2.05) is 42.9 Å². The molecule has 3 saturated carbocycles. The fourth-order valence-corrected chi connectivity index (χ4v) is 21.3. The van der Waals surface area contributed by atoms with Crippen molar-refractivity contribution in [2.45, 2.75) is 172 Å². The van der Waals surface area contributed by atoms with Crippen LogP contribution < -0.4 is 46.5 Å². The first-order chi connectivity index (χ1) is 65.7. The number of benzene rings is 5. The molecule has 3 aliphatic rings. The average Bonchev–Trinajstić information content (AvgIpc) is 0.774. The van der Waals surface area contributed by atoms with Gasteiger partial charge in [0.25, 0.3) is 36.5 Å². The zero-order valence-electron chi connectivity index (χ0n) is 76.9. The smallest absolute Gasteiger partial charge is 0.416 e. The van der Waals surface area contributed by atoms with E-state index in [-0.39, 0.29) is 127 Å². The molecule has 0 aliphatic heterocycles. The van der Waals surface area contributed by atoms with Gasteiger partial charge in [0.05, 0.1) is 69.6 Å². The molecule has 0 unspecified atom stereocenters. The molecular weight excluding hydrogens is 1930 g/mol. The van der Waals surface area contributed by atoms with Crippen LogP contribution in [0.1, 0.15) is 131 Å². The molecule has 0 spiro atoms. The van der Waals surface area contributed by atoms with Crippen LogP contribution in [0.5, 0.6) is 40.6 Å². The summed E-state index contributed by atoms with van der Waals surface area (Å²) in [5.74, 6) is -0.726. The molecule has 0 amide bonds. The number of halogens is 13. The van der Waals surface area contributed by atoms with Gasteiger partial charge in [-0.3, -0.25) is 9.52 Å². The Morgan fingerprint density at radius 2 is 0.770 bits per heavy atom. The van der Waals surface area contributed by atoms with Crippen LogP contribution in [0.25, 0.3) is 0 Å². The molecule has 746 valence electrons. The third-order valence-corrected chi connectivity index (χ3v) is 29.2. The van der Waals surface area contributed by atoms with Crippen molar-refractivity contribution >= 4 is 65.6 Å². The van der Waals surface area contributed by atoms with Crippen LogP contribution >= 0.6 is 11.6 Å². The third-order valence-electron chi connectivity index (χ3n) is 23.7. The molecular formula is C93H100ClF12N15O15S3. The second kappa shape index (κ2) is 46.0. The summed E-state index contributed by atoms with van der Waals surface area (Å²) in [6.07, 6.45) is -3.67. The lowest BCUT2D eigenvalue weighted by molar-refractivity contribution is -0.138. The number of nitrogens with one attached hydrogen (secondary N) is 1. The number of hydrogen-bond acceptors (Lipinski definition) is 26. The van der Waals surface area contributed by atoms with E-state index in [0.29, 0.717) is 91.9 Å². The number of methoxy groups -OCH3 is 4. The molecule has 6 aromatic heterocycles. The Hall–Kier alpha value is -12.6. The second-order valence-electron chi connectivity index (χ2n) is 33.0. The largest absolute Gasteiger partial charge is 0.497 e. The van der Waals surface area contributed by atoms with Crippen molar-refractivity contribution in [2.75, 3.05) is 84.1 Å². The number of aryl methyl sites for hydroxylation is 2. The van der Waals surface area contributed by atoms with Crippen molar-refractivity contribution in [2.24, 2.45) is 0 Å². The predicted molar refractivity (Wildman–Crippen MR) is 488 cm³/mol. The Morgan fingerprint density at radius 3 is 1.08 bits per heavy atom. The van der Waals surface area contributed by atoms with Gasteiger partial charge < -0.3 is 53.0 Å². The molecule has 0 radical (unpaired) electrons. The van der Waals surface area contributed by atoms with Crippen LogP contribution in [0.3, 0.4) is 0 Å². The van der Waals surface area contributed by atoms with Gasteiger partial charge in [-0.1, -0.05) is 11.6 Å². The van der Waals surface area contributed by atoms with Crippen LogP contribution in [-0.4, -0.2) is 204 Å². The molecule has 30 nitrogen and oxygen atoms in total. The fourth-order valence-electron chi connectivity index (χ4n) is 16.7. The highest BCUT2D eigenvalue weighted by atomic mass is 35.5. The Kier molecular flexibility index (Phi) is 35.4. The summed E-state index contributed by atoms with van der Waals surface area (Å²) in [4.78, 5) is 50.4. The van der Waals surface area contributed by atoms with Gasteiger partial charge in [-0.15, -0.1) is 0 Å². The molecule has 5 aromatic carbocycles.